The zero-order valence-electron chi connectivity index (χ0n) is 12.6. The Morgan fingerprint density at radius 1 is 1.33 bits per heavy atom. The Morgan fingerprint density at radius 3 is 2.62 bits per heavy atom. The zero-order chi connectivity index (χ0) is 15.6. The van der Waals surface area contributed by atoms with Crippen molar-refractivity contribution >= 4 is 15.9 Å². The quantitative estimate of drug-likeness (QED) is 0.621. The summed E-state index contributed by atoms with van der Waals surface area (Å²) in [6.07, 6.45) is 3.33. The Morgan fingerprint density at radius 2 is 2.00 bits per heavy atom. The van der Waals surface area contributed by atoms with E-state index >= 15 is 0 Å². The number of amidine groups is 1. The molecule has 0 saturated heterocycles. The molecule has 0 fully saturated rings. The second kappa shape index (κ2) is 6.15. The molecule has 116 valence electrons. The Bertz CT molecular complexity index is 638. The van der Waals surface area contributed by atoms with Crippen molar-refractivity contribution in [2.75, 3.05) is 6.54 Å². The monoisotopic (exact) mass is 309 g/mol. The summed E-state index contributed by atoms with van der Waals surface area (Å²) in [5.74, 6) is 0.00445. The van der Waals surface area contributed by atoms with Crippen LogP contribution in [0.1, 0.15) is 37.8 Å². The zero-order valence-corrected chi connectivity index (χ0v) is 13.4. The topological polar surface area (TPSA) is 87.2 Å². The van der Waals surface area contributed by atoms with Crippen molar-refractivity contribution in [2.24, 2.45) is 5.73 Å². The molecule has 0 aliphatic heterocycles. The van der Waals surface area contributed by atoms with Gasteiger partial charge in [-0.3, -0.25) is 5.41 Å². The molecule has 0 amide bonds. The standard InChI is InChI=1S/C15H23N3O2S/c1-11(2)18(9-8-15(16)17)21(19,20)14-7-6-12-4-3-5-13(12)10-14/h6-7,10-11H,3-5,8-9H2,1-2H3,(H3,16,17). The second-order valence-corrected chi connectivity index (χ2v) is 7.66. The molecular formula is C15H23N3O2S. The van der Waals surface area contributed by atoms with Gasteiger partial charge in [-0.2, -0.15) is 4.31 Å². The number of aryl methyl sites for hydroxylation is 2. The van der Waals surface area contributed by atoms with Crippen molar-refractivity contribution in [1.29, 1.82) is 5.41 Å². The minimum absolute atomic E-state index is 0.00445. The number of nitrogens with zero attached hydrogens (tertiary/aromatic N) is 1. The number of hydrogen-bond donors (Lipinski definition) is 2. The number of benzene rings is 1. The molecule has 6 heteroatoms. The first-order valence-electron chi connectivity index (χ1n) is 7.29. The van der Waals surface area contributed by atoms with E-state index < -0.39 is 10.0 Å². The van der Waals surface area contributed by atoms with Gasteiger partial charge in [0, 0.05) is 19.0 Å². The molecule has 0 heterocycles. The van der Waals surface area contributed by atoms with Gasteiger partial charge in [0.1, 0.15) is 0 Å². The van der Waals surface area contributed by atoms with Crippen molar-refractivity contribution in [2.45, 2.75) is 50.5 Å². The summed E-state index contributed by atoms with van der Waals surface area (Å²) in [5.41, 5.74) is 7.76. The van der Waals surface area contributed by atoms with Crippen molar-refractivity contribution in [3.05, 3.63) is 29.3 Å². The molecule has 1 aromatic rings. The molecule has 0 atom stereocenters. The number of hydrogen-bond acceptors (Lipinski definition) is 3. The minimum atomic E-state index is -3.54. The molecule has 21 heavy (non-hydrogen) atoms. The SMILES string of the molecule is CC(C)N(CCC(=N)N)S(=O)(=O)c1ccc2c(c1)CCC2. The van der Waals surface area contributed by atoms with Gasteiger partial charge in [0.25, 0.3) is 0 Å². The molecule has 2 rings (SSSR count). The summed E-state index contributed by atoms with van der Waals surface area (Å²) < 4.78 is 27.0. The number of fused-ring (bicyclic) bond motifs is 1. The summed E-state index contributed by atoms with van der Waals surface area (Å²) >= 11 is 0. The van der Waals surface area contributed by atoms with Crippen LogP contribution in [0, 0.1) is 5.41 Å². The van der Waals surface area contributed by atoms with Gasteiger partial charge >= 0.3 is 0 Å². The fourth-order valence-electron chi connectivity index (χ4n) is 2.73. The van der Waals surface area contributed by atoms with Crippen molar-refractivity contribution in [3.8, 4) is 0 Å². The first kappa shape index (κ1) is 16.0. The number of nitrogens with two attached hydrogens (primary N) is 1. The van der Waals surface area contributed by atoms with Crippen LogP contribution in [0.15, 0.2) is 23.1 Å². The summed E-state index contributed by atoms with van der Waals surface area (Å²) in [7, 11) is -3.54. The van der Waals surface area contributed by atoms with Gasteiger partial charge in [0.15, 0.2) is 0 Å². The molecular weight excluding hydrogens is 286 g/mol. The van der Waals surface area contributed by atoms with Gasteiger partial charge < -0.3 is 5.73 Å². The lowest BCUT2D eigenvalue weighted by molar-refractivity contribution is 0.361. The fourth-order valence-corrected chi connectivity index (χ4v) is 4.42. The molecule has 0 spiro atoms. The third-order valence-corrected chi connectivity index (χ3v) is 5.93. The predicted molar refractivity (Wildman–Crippen MR) is 84.0 cm³/mol. The van der Waals surface area contributed by atoms with Gasteiger partial charge in [0.05, 0.1) is 10.7 Å². The Kier molecular flexibility index (Phi) is 4.68. The number of sulfonamides is 1. The maximum absolute atomic E-state index is 12.8. The van der Waals surface area contributed by atoms with Crippen LogP contribution in [0.3, 0.4) is 0 Å². The lowest BCUT2D eigenvalue weighted by Gasteiger charge is -2.26. The lowest BCUT2D eigenvalue weighted by atomic mass is 10.1. The normalized spacial score (nSPS) is 14.7. The number of nitrogens with one attached hydrogen (secondary N) is 1. The minimum Gasteiger partial charge on any atom is -0.388 e. The highest BCUT2D eigenvalue weighted by Gasteiger charge is 2.28. The number of rotatable bonds is 6. The van der Waals surface area contributed by atoms with Crippen LogP contribution in [-0.2, 0) is 22.9 Å². The maximum Gasteiger partial charge on any atom is 0.243 e. The van der Waals surface area contributed by atoms with Crippen LogP contribution >= 0.6 is 0 Å². The molecule has 1 aliphatic carbocycles. The van der Waals surface area contributed by atoms with Crippen LogP contribution in [0.25, 0.3) is 0 Å². The van der Waals surface area contributed by atoms with E-state index in [1.165, 1.54) is 9.87 Å². The van der Waals surface area contributed by atoms with E-state index in [1.54, 1.807) is 12.1 Å². The maximum atomic E-state index is 12.8. The summed E-state index contributed by atoms with van der Waals surface area (Å²) in [4.78, 5) is 0.348. The van der Waals surface area contributed by atoms with E-state index in [1.807, 2.05) is 19.9 Å². The van der Waals surface area contributed by atoms with Crippen molar-refractivity contribution < 1.29 is 8.42 Å². The highest BCUT2D eigenvalue weighted by molar-refractivity contribution is 7.89. The summed E-state index contributed by atoms with van der Waals surface area (Å²) in [6, 6.07) is 5.27. The van der Waals surface area contributed by atoms with Gasteiger partial charge in [-0.15, -0.1) is 0 Å². The van der Waals surface area contributed by atoms with E-state index in [0.717, 1.165) is 24.8 Å². The highest BCUT2D eigenvalue weighted by atomic mass is 32.2. The lowest BCUT2D eigenvalue weighted by Crippen LogP contribution is -2.39. The average molecular weight is 309 g/mol. The Hall–Kier alpha value is -1.40. The van der Waals surface area contributed by atoms with Crippen LogP contribution in [-0.4, -0.2) is 31.1 Å². The van der Waals surface area contributed by atoms with E-state index in [-0.39, 0.29) is 24.8 Å². The van der Waals surface area contributed by atoms with E-state index in [9.17, 15) is 8.42 Å². The smallest absolute Gasteiger partial charge is 0.243 e. The van der Waals surface area contributed by atoms with Crippen LogP contribution in [0.4, 0.5) is 0 Å². The molecule has 0 aromatic heterocycles. The molecule has 0 radical (unpaired) electrons. The van der Waals surface area contributed by atoms with Gasteiger partial charge in [0.2, 0.25) is 10.0 Å². The highest BCUT2D eigenvalue weighted by Crippen LogP contribution is 2.27. The van der Waals surface area contributed by atoms with Crippen molar-refractivity contribution in [1.82, 2.24) is 4.31 Å². The van der Waals surface area contributed by atoms with Gasteiger partial charge in [-0.05, 0) is 56.4 Å². The van der Waals surface area contributed by atoms with Crippen LogP contribution in [0.5, 0.6) is 0 Å². The van der Waals surface area contributed by atoms with E-state index in [2.05, 4.69) is 0 Å². The first-order chi connectivity index (χ1) is 9.82. The van der Waals surface area contributed by atoms with E-state index in [4.69, 9.17) is 11.1 Å². The summed E-state index contributed by atoms with van der Waals surface area (Å²) in [6.45, 7) is 3.92. The third kappa shape index (κ3) is 3.44. The first-order valence-corrected chi connectivity index (χ1v) is 8.73. The summed E-state index contributed by atoms with van der Waals surface area (Å²) in [5, 5.41) is 7.29. The second-order valence-electron chi connectivity index (χ2n) is 5.77. The molecule has 0 bridgehead atoms. The molecule has 0 saturated carbocycles. The van der Waals surface area contributed by atoms with Gasteiger partial charge in [-0.1, -0.05) is 6.07 Å². The van der Waals surface area contributed by atoms with E-state index in [0.29, 0.717) is 4.90 Å². The third-order valence-electron chi connectivity index (χ3n) is 3.85. The van der Waals surface area contributed by atoms with Crippen LogP contribution in [0.2, 0.25) is 0 Å². The Labute approximate surface area is 126 Å². The van der Waals surface area contributed by atoms with Gasteiger partial charge in [-0.25, -0.2) is 8.42 Å². The van der Waals surface area contributed by atoms with Crippen LogP contribution < -0.4 is 5.73 Å². The van der Waals surface area contributed by atoms with Crippen molar-refractivity contribution in [3.63, 3.8) is 0 Å². The Balaban J connectivity index is 2.31. The predicted octanol–water partition coefficient (Wildman–Crippen LogP) is 1.90. The molecule has 3 N–H and O–H groups in total. The largest absolute Gasteiger partial charge is 0.388 e. The molecule has 5 nitrogen and oxygen atoms in total. The average Bonchev–Trinajstić information content (AvgIpc) is 2.84. The molecule has 1 aromatic carbocycles. The molecule has 1 aliphatic rings. The molecule has 0 unspecified atom stereocenters. The fraction of sp³-hybridized carbons (Fsp3) is 0.533.